The van der Waals surface area contributed by atoms with Gasteiger partial charge in [-0.05, 0) is 61.0 Å². The van der Waals surface area contributed by atoms with Crippen molar-refractivity contribution in [2.45, 2.75) is 6.92 Å². The summed E-state index contributed by atoms with van der Waals surface area (Å²) in [6, 6.07) is 36.1. The smallest absolute Gasteiger partial charge is 0.145 e. The summed E-state index contributed by atoms with van der Waals surface area (Å²) in [5.74, 6) is 0.956. The number of aromatic nitrogens is 3. The summed E-state index contributed by atoms with van der Waals surface area (Å²) in [5.41, 5.74) is 7.90. The molecule has 0 atom stereocenters. The molecule has 154 valence electrons. The van der Waals surface area contributed by atoms with E-state index in [0.29, 0.717) is 0 Å². The van der Waals surface area contributed by atoms with Crippen molar-refractivity contribution in [2.24, 2.45) is 0 Å². The highest BCUT2D eigenvalue weighted by Gasteiger charge is 2.14. The Morgan fingerprint density at radius 2 is 1.41 bits per heavy atom. The van der Waals surface area contributed by atoms with Gasteiger partial charge in [-0.3, -0.25) is 4.57 Å². The molecule has 0 fully saturated rings. The Hall–Kier alpha value is -3.89. The largest absolute Gasteiger partial charge is 0.358 e. The van der Waals surface area contributed by atoms with Gasteiger partial charge in [0.15, 0.2) is 0 Å². The maximum absolute atomic E-state index is 4.97. The first kappa shape index (κ1) is 18.8. The van der Waals surface area contributed by atoms with Crippen molar-refractivity contribution in [3.63, 3.8) is 0 Å². The van der Waals surface area contributed by atoms with Crippen LogP contribution in [0.3, 0.4) is 0 Å². The Balaban J connectivity index is 1.40. The van der Waals surface area contributed by atoms with Crippen molar-refractivity contribution >= 4 is 22.4 Å². The van der Waals surface area contributed by atoms with Crippen LogP contribution in [0, 0.1) is 6.92 Å². The van der Waals surface area contributed by atoms with Crippen molar-refractivity contribution < 1.29 is 0 Å². The molecule has 0 bridgehead atoms. The van der Waals surface area contributed by atoms with E-state index in [-0.39, 0.29) is 0 Å². The fourth-order valence-electron chi connectivity index (χ4n) is 4.13. The van der Waals surface area contributed by atoms with Crippen LogP contribution < -0.4 is 0 Å². The van der Waals surface area contributed by atoms with E-state index in [1.165, 1.54) is 26.7 Å². The zero-order valence-electron chi connectivity index (χ0n) is 17.6. The number of nitrogens with zero attached hydrogens (tertiary/aromatic N) is 2. The summed E-state index contributed by atoms with van der Waals surface area (Å²) in [6.07, 6.45) is 0. The van der Waals surface area contributed by atoms with Gasteiger partial charge in [0.2, 0.25) is 0 Å². The monoisotopic (exact) mass is 431 g/mol. The molecule has 0 aliphatic rings. The van der Waals surface area contributed by atoms with E-state index in [0.717, 1.165) is 28.1 Å². The third kappa shape index (κ3) is 3.26. The molecule has 0 spiro atoms. The van der Waals surface area contributed by atoms with Crippen LogP contribution in [0.4, 0.5) is 0 Å². The Kier molecular flexibility index (Phi) is 4.51. The summed E-state index contributed by atoms with van der Waals surface area (Å²) >= 11 is 1.81. The molecular formula is C28H21N3S. The molecule has 0 radical (unpaired) electrons. The van der Waals surface area contributed by atoms with Crippen LogP contribution in [0.15, 0.2) is 103 Å². The number of rotatable bonds is 4. The highest BCUT2D eigenvalue weighted by Crippen LogP contribution is 2.35. The number of fused-ring (bicyclic) bond motifs is 1. The van der Waals surface area contributed by atoms with Crippen LogP contribution in [0.1, 0.15) is 5.69 Å². The van der Waals surface area contributed by atoms with Crippen LogP contribution in [-0.4, -0.2) is 14.5 Å². The molecule has 0 unspecified atom stereocenters. The van der Waals surface area contributed by atoms with E-state index < -0.39 is 0 Å². The number of hydrogen-bond donors (Lipinski definition) is 1. The van der Waals surface area contributed by atoms with Crippen LogP contribution >= 0.6 is 11.3 Å². The van der Waals surface area contributed by atoms with Gasteiger partial charge in [0.1, 0.15) is 5.82 Å². The van der Waals surface area contributed by atoms with Gasteiger partial charge in [0, 0.05) is 21.8 Å². The molecule has 4 heteroatoms. The quantitative estimate of drug-likeness (QED) is 0.304. The number of nitrogens with one attached hydrogen (secondary N) is 1. The van der Waals surface area contributed by atoms with Crippen LogP contribution in [0.25, 0.3) is 49.1 Å². The van der Waals surface area contributed by atoms with E-state index in [1.54, 1.807) is 11.3 Å². The van der Waals surface area contributed by atoms with Crippen molar-refractivity contribution in [2.75, 3.05) is 0 Å². The molecule has 0 saturated heterocycles. The number of aromatic amines is 1. The highest BCUT2D eigenvalue weighted by atomic mass is 32.1. The summed E-state index contributed by atoms with van der Waals surface area (Å²) in [6.45, 7) is 2.08. The van der Waals surface area contributed by atoms with Gasteiger partial charge in [-0.15, -0.1) is 11.3 Å². The highest BCUT2D eigenvalue weighted by molar-refractivity contribution is 7.18. The summed E-state index contributed by atoms with van der Waals surface area (Å²) in [4.78, 5) is 10.9. The molecule has 3 heterocycles. The third-order valence-electron chi connectivity index (χ3n) is 5.71. The minimum Gasteiger partial charge on any atom is -0.358 e. The van der Waals surface area contributed by atoms with Crippen molar-refractivity contribution in [1.29, 1.82) is 0 Å². The normalized spacial score (nSPS) is 11.3. The van der Waals surface area contributed by atoms with Gasteiger partial charge >= 0.3 is 0 Å². The van der Waals surface area contributed by atoms with Crippen LogP contribution in [0.2, 0.25) is 0 Å². The summed E-state index contributed by atoms with van der Waals surface area (Å²) < 4.78 is 2.24. The average molecular weight is 432 g/mol. The number of hydrogen-bond acceptors (Lipinski definition) is 2. The van der Waals surface area contributed by atoms with Crippen LogP contribution in [0.5, 0.6) is 0 Å². The zero-order valence-corrected chi connectivity index (χ0v) is 18.4. The average Bonchev–Trinajstić information content (AvgIpc) is 3.58. The molecule has 1 N–H and O–H groups in total. The lowest BCUT2D eigenvalue weighted by atomic mass is 10.1. The Labute approximate surface area is 190 Å². The molecule has 0 aliphatic carbocycles. The van der Waals surface area contributed by atoms with E-state index in [4.69, 9.17) is 4.98 Å². The first-order valence-electron chi connectivity index (χ1n) is 10.7. The van der Waals surface area contributed by atoms with Crippen molar-refractivity contribution in [3.8, 4) is 38.1 Å². The van der Waals surface area contributed by atoms with Crippen LogP contribution in [-0.2, 0) is 0 Å². The molecule has 6 aromatic rings. The van der Waals surface area contributed by atoms with E-state index in [9.17, 15) is 0 Å². The molecule has 32 heavy (non-hydrogen) atoms. The number of H-pyrrole nitrogens is 1. The van der Waals surface area contributed by atoms with E-state index >= 15 is 0 Å². The lowest BCUT2D eigenvalue weighted by Gasteiger charge is -2.10. The topological polar surface area (TPSA) is 33.6 Å². The minimum absolute atomic E-state index is 0.956. The first-order chi connectivity index (χ1) is 15.8. The second-order valence-corrected chi connectivity index (χ2v) is 8.98. The van der Waals surface area contributed by atoms with Crippen molar-refractivity contribution in [1.82, 2.24) is 14.5 Å². The maximum atomic E-state index is 4.97. The Morgan fingerprint density at radius 1 is 0.688 bits per heavy atom. The Morgan fingerprint density at radius 3 is 2.19 bits per heavy atom. The van der Waals surface area contributed by atoms with Gasteiger partial charge in [-0.1, -0.05) is 54.6 Å². The van der Waals surface area contributed by atoms with Gasteiger partial charge in [0.05, 0.1) is 21.6 Å². The third-order valence-corrected chi connectivity index (χ3v) is 6.87. The predicted molar refractivity (Wildman–Crippen MR) is 134 cm³/mol. The van der Waals surface area contributed by atoms with E-state index in [2.05, 4.69) is 107 Å². The molecule has 0 amide bonds. The molecule has 3 aromatic heterocycles. The maximum Gasteiger partial charge on any atom is 0.145 e. The number of thiophene rings is 1. The number of imidazole rings is 1. The Bertz CT molecular complexity index is 1520. The second kappa shape index (κ2) is 7.66. The predicted octanol–water partition coefficient (Wildman–Crippen LogP) is 7.72. The van der Waals surface area contributed by atoms with Gasteiger partial charge in [0.25, 0.3) is 0 Å². The fourth-order valence-corrected chi connectivity index (χ4v) is 5.12. The number of aryl methyl sites for hydroxylation is 1. The SMILES string of the molecule is Cc1ccc(-c2ccc(-c3ccc(-c4nc5ccccc5n4-c4ccccc4)cc3)s2)[nH]1. The lowest BCUT2D eigenvalue weighted by molar-refractivity contribution is 1.10. The molecule has 3 nitrogen and oxygen atoms in total. The number of para-hydroxylation sites is 3. The standard InChI is InChI=1S/C28H21N3S/c1-19-11-16-24(29-19)27-18-17-26(32-27)20-12-14-21(15-13-20)28-30-23-9-5-6-10-25(23)31(28)22-7-3-2-4-8-22/h2-18,29H,1H3. The number of benzene rings is 3. The zero-order chi connectivity index (χ0) is 21.5. The summed E-state index contributed by atoms with van der Waals surface area (Å²) in [7, 11) is 0. The molecule has 0 saturated carbocycles. The minimum atomic E-state index is 0.956. The van der Waals surface area contributed by atoms with Crippen molar-refractivity contribution in [3.05, 3.63) is 109 Å². The lowest BCUT2D eigenvalue weighted by Crippen LogP contribution is -1.97. The molecular weight excluding hydrogens is 410 g/mol. The fraction of sp³-hybridized carbons (Fsp3) is 0.0357. The molecule has 6 rings (SSSR count). The molecule has 0 aliphatic heterocycles. The first-order valence-corrected chi connectivity index (χ1v) is 11.5. The van der Waals surface area contributed by atoms with Gasteiger partial charge < -0.3 is 4.98 Å². The summed E-state index contributed by atoms with van der Waals surface area (Å²) in [5, 5.41) is 0. The second-order valence-electron chi connectivity index (χ2n) is 7.89. The molecule has 3 aromatic carbocycles. The van der Waals surface area contributed by atoms with E-state index in [1.807, 2.05) is 12.1 Å². The van der Waals surface area contributed by atoms with Gasteiger partial charge in [-0.2, -0.15) is 0 Å². The van der Waals surface area contributed by atoms with Gasteiger partial charge in [-0.25, -0.2) is 4.98 Å².